The van der Waals surface area contributed by atoms with Crippen molar-refractivity contribution in [2.75, 3.05) is 19.6 Å². The normalized spacial score (nSPS) is 29.4. The fourth-order valence-electron chi connectivity index (χ4n) is 2.06. The molecule has 0 bridgehead atoms. The zero-order valence-electron chi connectivity index (χ0n) is 9.03. The van der Waals surface area contributed by atoms with Crippen molar-refractivity contribution in [3.8, 4) is 0 Å². The minimum Gasteiger partial charge on any atom is -0.481 e. The smallest absolute Gasteiger partial charge is 0.308 e. The summed E-state index contributed by atoms with van der Waals surface area (Å²) in [6.45, 7) is 7.29. The third-order valence-corrected chi connectivity index (χ3v) is 2.62. The van der Waals surface area contributed by atoms with Gasteiger partial charge in [0.05, 0.1) is 11.5 Å². The van der Waals surface area contributed by atoms with Crippen molar-refractivity contribution in [1.82, 2.24) is 4.90 Å². The molecule has 0 aromatic rings. The highest BCUT2D eigenvalue weighted by Gasteiger charge is 2.36. The quantitative estimate of drug-likeness (QED) is 0.694. The lowest BCUT2D eigenvalue weighted by Crippen LogP contribution is -2.37. The van der Waals surface area contributed by atoms with Crippen molar-refractivity contribution in [2.45, 2.75) is 26.4 Å². The number of rotatable bonds is 3. The topological polar surface area (TPSA) is 60.8 Å². The number of carboxylic acid groups (broad SMARTS) is 1. The van der Waals surface area contributed by atoms with E-state index < -0.39 is 11.6 Å². The maximum Gasteiger partial charge on any atom is 0.308 e. The average molecular weight is 201 g/mol. The molecule has 0 saturated carbocycles. The minimum absolute atomic E-state index is 0.176. The molecule has 0 aliphatic carbocycles. The van der Waals surface area contributed by atoms with Crippen molar-refractivity contribution in [3.05, 3.63) is 0 Å². The number of hydrogen-bond acceptors (Lipinski definition) is 3. The molecular formula is C10H19NO3. The highest BCUT2D eigenvalue weighted by atomic mass is 16.4. The van der Waals surface area contributed by atoms with Crippen molar-refractivity contribution in [1.29, 1.82) is 0 Å². The lowest BCUT2D eigenvalue weighted by Gasteiger charge is -2.24. The van der Waals surface area contributed by atoms with Crippen LogP contribution in [0.2, 0.25) is 0 Å². The van der Waals surface area contributed by atoms with Gasteiger partial charge in [-0.3, -0.25) is 9.69 Å². The van der Waals surface area contributed by atoms with E-state index >= 15 is 0 Å². The predicted octanol–water partition coefficient (Wildman–Crippen LogP) is 0.410. The molecule has 0 amide bonds. The predicted molar refractivity (Wildman–Crippen MR) is 53.0 cm³/mol. The standard InChI is InChI=1S/C10H19NO3/c1-7-4-11(6-10(2,3)14)5-8(7)9(12)13/h7-8,14H,4-6H2,1-3H3,(H,12,13). The van der Waals surface area contributed by atoms with Gasteiger partial charge >= 0.3 is 5.97 Å². The monoisotopic (exact) mass is 201 g/mol. The van der Waals surface area contributed by atoms with Crippen LogP contribution < -0.4 is 0 Å². The molecule has 1 aliphatic rings. The summed E-state index contributed by atoms with van der Waals surface area (Å²) in [6, 6.07) is 0. The molecule has 1 heterocycles. The summed E-state index contributed by atoms with van der Waals surface area (Å²) in [5, 5.41) is 18.5. The Labute approximate surface area is 84.5 Å². The molecule has 1 rings (SSSR count). The molecule has 82 valence electrons. The first-order valence-electron chi connectivity index (χ1n) is 4.97. The van der Waals surface area contributed by atoms with Gasteiger partial charge < -0.3 is 10.2 Å². The maximum atomic E-state index is 10.8. The Hall–Kier alpha value is -0.610. The molecule has 0 aromatic heterocycles. The largest absolute Gasteiger partial charge is 0.481 e. The van der Waals surface area contributed by atoms with E-state index in [0.717, 1.165) is 6.54 Å². The van der Waals surface area contributed by atoms with E-state index in [4.69, 9.17) is 5.11 Å². The summed E-state index contributed by atoms with van der Waals surface area (Å²) >= 11 is 0. The van der Waals surface area contributed by atoms with Crippen LogP contribution in [0.25, 0.3) is 0 Å². The summed E-state index contributed by atoms with van der Waals surface area (Å²) < 4.78 is 0. The van der Waals surface area contributed by atoms with Crippen molar-refractivity contribution in [3.63, 3.8) is 0 Å². The zero-order valence-corrected chi connectivity index (χ0v) is 9.03. The number of hydrogen-bond donors (Lipinski definition) is 2. The Morgan fingerprint density at radius 1 is 1.50 bits per heavy atom. The Kier molecular flexibility index (Phi) is 3.17. The molecule has 0 radical (unpaired) electrons. The molecule has 0 spiro atoms. The number of carbonyl (C=O) groups is 1. The Morgan fingerprint density at radius 2 is 2.07 bits per heavy atom. The van der Waals surface area contributed by atoms with E-state index in [0.29, 0.717) is 13.1 Å². The molecule has 4 nitrogen and oxygen atoms in total. The summed E-state index contributed by atoms with van der Waals surface area (Å²) in [4.78, 5) is 12.9. The third-order valence-electron chi connectivity index (χ3n) is 2.62. The molecule has 2 N–H and O–H groups in total. The van der Waals surface area contributed by atoms with E-state index in [1.807, 2.05) is 11.8 Å². The van der Waals surface area contributed by atoms with E-state index in [9.17, 15) is 9.90 Å². The highest BCUT2D eigenvalue weighted by Crippen LogP contribution is 2.24. The van der Waals surface area contributed by atoms with Gasteiger partial charge in [-0.25, -0.2) is 0 Å². The van der Waals surface area contributed by atoms with E-state index in [1.54, 1.807) is 13.8 Å². The third kappa shape index (κ3) is 2.96. The van der Waals surface area contributed by atoms with Gasteiger partial charge in [-0.2, -0.15) is 0 Å². The van der Waals surface area contributed by atoms with Crippen LogP contribution in [-0.4, -0.2) is 46.3 Å². The Balaban J connectivity index is 2.51. The molecule has 2 atom stereocenters. The Bertz CT molecular complexity index is 222. The second-order valence-corrected chi connectivity index (χ2v) is 4.93. The highest BCUT2D eigenvalue weighted by molar-refractivity contribution is 5.71. The van der Waals surface area contributed by atoms with Crippen LogP contribution in [0.4, 0.5) is 0 Å². The van der Waals surface area contributed by atoms with E-state index in [2.05, 4.69) is 0 Å². The lowest BCUT2D eigenvalue weighted by atomic mass is 9.99. The molecular weight excluding hydrogens is 182 g/mol. The van der Waals surface area contributed by atoms with Crippen molar-refractivity contribution in [2.24, 2.45) is 11.8 Å². The van der Waals surface area contributed by atoms with Crippen LogP contribution in [0.15, 0.2) is 0 Å². The van der Waals surface area contributed by atoms with Gasteiger partial charge in [0, 0.05) is 19.6 Å². The van der Waals surface area contributed by atoms with Crippen LogP contribution in [0.1, 0.15) is 20.8 Å². The van der Waals surface area contributed by atoms with Gasteiger partial charge in [0.15, 0.2) is 0 Å². The molecule has 14 heavy (non-hydrogen) atoms. The average Bonchev–Trinajstić information content (AvgIpc) is 2.26. The Morgan fingerprint density at radius 3 is 2.43 bits per heavy atom. The summed E-state index contributed by atoms with van der Waals surface area (Å²) in [5.74, 6) is -0.831. The first-order valence-corrected chi connectivity index (χ1v) is 4.97. The summed E-state index contributed by atoms with van der Waals surface area (Å²) in [5.41, 5.74) is -0.743. The fraction of sp³-hybridized carbons (Fsp3) is 0.900. The summed E-state index contributed by atoms with van der Waals surface area (Å²) in [7, 11) is 0. The first-order chi connectivity index (χ1) is 6.29. The van der Waals surface area contributed by atoms with Gasteiger partial charge in [0.25, 0.3) is 0 Å². The van der Waals surface area contributed by atoms with Crippen molar-refractivity contribution >= 4 is 5.97 Å². The lowest BCUT2D eigenvalue weighted by molar-refractivity contribution is -0.142. The van der Waals surface area contributed by atoms with Crippen LogP contribution in [0.3, 0.4) is 0 Å². The van der Waals surface area contributed by atoms with Crippen molar-refractivity contribution < 1.29 is 15.0 Å². The van der Waals surface area contributed by atoms with Gasteiger partial charge in [-0.15, -0.1) is 0 Å². The second kappa shape index (κ2) is 3.87. The van der Waals surface area contributed by atoms with Crippen LogP contribution in [0, 0.1) is 11.8 Å². The number of carboxylic acids is 1. The number of aliphatic hydroxyl groups is 1. The van der Waals surface area contributed by atoms with Gasteiger partial charge in [-0.05, 0) is 19.8 Å². The summed E-state index contributed by atoms with van der Waals surface area (Å²) in [6.07, 6.45) is 0. The van der Waals surface area contributed by atoms with E-state index in [-0.39, 0.29) is 11.8 Å². The minimum atomic E-state index is -0.743. The first kappa shape index (κ1) is 11.5. The zero-order chi connectivity index (χ0) is 10.9. The number of aliphatic carboxylic acids is 1. The van der Waals surface area contributed by atoms with Crippen LogP contribution >= 0.6 is 0 Å². The molecule has 2 unspecified atom stereocenters. The molecule has 1 saturated heterocycles. The number of nitrogens with zero attached hydrogens (tertiary/aromatic N) is 1. The van der Waals surface area contributed by atoms with Crippen LogP contribution in [0.5, 0.6) is 0 Å². The van der Waals surface area contributed by atoms with Gasteiger partial charge in [0.2, 0.25) is 0 Å². The molecule has 0 aromatic carbocycles. The fourth-order valence-corrected chi connectivity index (χ4v) is 2.06. The number of β-amino-alcohol motifs (C(OH)–C–C–N with tert-alkyl or cyclic N) is 1. The second-order valence-electron chi connectivity index (χ2n) is 4.93. The van der Waals surface area contributed by atoms with Gasteiger partial charge in [-0.1, -0.05) is 6.92 Å². The molecule has 4 heteroatoms. The molecule has 1 aliphatic heterocycles. The molecule has 1 fully saturated rings. The number of likely N-dealkylation sites (tertiary alicyclic amines) is 1. The van der Waals surface area contributed by atoms with Gasteiger partial charge in [0.1, 0.15) is 0 Å². The van der Waals surface area contributed by atoms with Crippen LogP contribution in [-0.2, 0) is 4.79 Å². The maximum absolute atomic E-state index is 10.8. The van der Waals surface area contributed by atoms with E-state index in [1.165, 1.54) is 0 Å². The SMILES string of the molecule is CC1CN(CC(C)(C)O)CC1C(=O)O.